The first-order chi connectivity index (χ1) is 21.1. The average molecular weight is 716 g/mol. The first-order valence-corrected chi connectivity index (χ1v) is 16.3. The molecule has 0 fully saturated rings. The van der Waals surface area contributed by atoms with Crippen molar-refractivity contribution < 1.29 is 19.0 Å². The topological polar surface area (TPSA) is 79.1 Å². The van der Waals surface area contributed by atoms with Crippen LogP contribution in [0.2, 0.25) is 10.0 Å². The lowest BCUT2D eigenvalue weighted by atomic mass is 9.95. The van der Waals surface area contributed by atoms with E-state index in [1.807, 2.05) is 62.4 Å². The van der Waals surface area contributed by atoms with E-state index in [0.717, 1.165) is 10.0 Å². The smallest absolute Gasteiger partial charge is 0.338 e. The number of hydrogen-bond donors (Lipinski definition) is 0. The predicted octanol–water partition coefficient (Wildman–Crippen LogP) is 7.23. The molecule has 1 aromatic heterocycles. The van der Waals surface area contributed by atoms with Crippen molar-refractivity contribution in [3.63, 3.8) is 0 Å². The van der Waals surface area contributed by atoms with Crippen molar-refractivity contribution >= 4 is 62.5 Å². The molecule has 0 saturated heterocycles. The molecule has 4 aromatic rings. The highest BCUT2D eigenvalue weighted by atomic mass is 79.9. The lowest BCUT2D eigenvalue weighted by molar-refractivity contribution is -0.139. The van der Waals surface area contributed by atoms with Crippen molar-refractivity contribution in [3.8, 4) is 11.5 Å². The van der Waals surface area contributed by atoms with Crippen molar-refractivity contribution in [1.82, 2.24) is 4.57 Å². The summed E-state index contributed by atoms with van der Waals surface area (Å²) in [6, 6.07) is 17.6. The molecule has 0 unspecified atom stereocenters. The number of allylic oxidation sites excluding steroid dienone is 1. The molecule has 0 N–H and O–H groups in total. The minimum Gasteiger partial charge on any atom is -0.491 e. The third-order valence-electron chi connectivity index (χ3n) is 6.71. The Balaban J connectivity index is 1.67. The summed E-state index contributed by atoms with van der Waals surface area (Å²) < 4.78 is 20.5. The molecule has 1 atom stereocenters. The normalized spacial score (nSPS) is 14.8. The number of halogens is 3. The highest BCUT2D eigenvalue weighted by Crippen LogP contribution is 2.37. The number of esters is 1. The van der Waals surface area contributed by atoms with Gasteiger partial charge in [-0.1, -0.05) is 80.8 Å². The Morgan fingerprint density at radius 2 is 1.86 bits per heavy atom. The molecule has 5 rings (SSSR count). The van der Waals surface area contributed by atoms with Crippen LogP contribution >= 0.6 is 50.5 Å². The van der Waals surface area contributed by atoms with Crippen LogP contribution in [0, 0.1) is 0 Å². The standard InChI is InChI=1S/C33H29BrCl2N2O5S/c1-5-41-32(40)28-19(4)37-33-38(29(28)24-8-6-7-9-26(24)43-18(2)3)31(39)27(44-33)15-21-14-23(35)16-25(36)30(21)42-17-20-10-12-22(34)13-11-20/h6-16,18,29H,5,17H2,1-4H3/b27-15-/t29-/m0/s1. The highest BCUT2D eigenvalue weighted by molar-refractivity contribution is 9.10. The van der Waals surface area contributed by atoms with E-state index in [2.05, 4.69) is 20.9 Å². The van der Waals surface area contributed by atoms with Crippen molar-refractivity contribution in [2.24, 2.45) is 4.99 Å². The predicted molar refractivity (Wildman–Crippen MR) is 178 cm³/mol. The molecule has 1 aliphatic rings. The summed E-state index contributed by atoms with van der Waals surface area (Å²) in [7, 11) is 0. The van der Waals surface area contributed by atoms with E-state index in [1.54, 1.807) is 32.1 Å². The molecule has 1 aliphatic heterocycles. The molecule has 0 bridgehead atoms. The van der Waals surface area contributed by atoms with Gasteiger partial charge in [-0.05, 0) is 69.7 Å². The fourth-order valence-corrected chi connectivity index (χ4v) is 6.74. The van der Waals surface area contributed by atoms with Crippen molar-refractivity contribution in [2.45, 2.75) is 46.4 Å². The van der Waals surface area contributed by atoms with E-state index in [1.165, 1.54) is 15.9 Å². The van der Waals surface area contributed by atoms with Crippen molar-refractivity contribution in [2.75, 3.05) is 6.61 Å². The lowest BCUT2D eigenvalue weighted by Gasteiger charge is -2.26. The van der Waals surface area contributed by atoms with E-state index in [9.17, 15) is 9.59 Å². The molecular weight excluding hydrogens is 687 g/mol. The van der Waals surface area contributed by atoms with Gasteiger partial charge in [0, 0.05) is 20.6 Å². The Morgan fingerprint density at radius 1 is 1.14 bits per heavy atom. The van der Waals surface area contributed by atoms with Crippen LogP contribution < -0.4 is 24.4 Å². The van der Waals surface area contributed by atoms with Crippen LogP contribution in [0.25, 0.3) is 6.08 Å². The largest absolute Gasteiger partial charge is 0.491 e. The van der Waals surface area contributed by atoms with Crippen LogP contribution in [0.4, 0.5) is 0 Å². The summed E-state index contributed by atoms with van der Waals surface area (Å²) in [6.07, 6.45) is 1.56. The number of hydrogen-bond acceptors (Lipinski definition) is 7. The lowest BCUT2D eigenvalue weighted by Crippen LogP contribution is -2.40. The molecule has 0 aliphatic carbocycles. The number of aromatic nitrogens is 1. The Hall–Kier alpha value is -3.37. The number of fused-ring (bicyclic) bond motifs is 1. The number of benzene rings is 3. The summed E-state index contributed by atoms with van der Waals surface area (Å²) in [6.45, 7) is 7.75. The Bertz CT molecular complexity index is 1930. The molecule has 44 heavy (non-hydrogen) atoms. The van der Waals surface area contributed by atoms with E-state index in [4.69, 9.17) is 37.4 Å². The van der Waals surface area contributed by atoms with Crippen LogP contribution in [0.15, 0.2) is 86.2 Å². The Morgan fingerprint density at radius 3 is 2.57 bits per heavy atom. The van der Waals surface area contributed by atoms with Gasteiger partial charge in [-0.2, -0.15) is 0 Å². The fourth-order valence-electron chi connectivity index (χ4n) is 4.87. The maximum absolute atomic E-state index is 14.2. The van der Waals surface area contributed by atoms with E-state index >= 15 is 0 Å². The number of nitrogens with zero attached hydrogens (tertiary/aromatic N) is 2. The van der Waals surface area contributed by atoms with Crippen LogP contribution in [-0.2, 0) is 16.1 Å². The van der Waals surface area contributed by atoms with Crippen molar-refractivity contribution in [1.29, 1.82) is 0 Å². The third-order valence-corrected chi connectivity index (χ3v) is 8.72. The van der Waals surface area contributed by atoms with Crippen LogP contribution in [0.1, 0.15) is 50.4 Å². The molecule has 7 nitrogen and oxygen atoms in total. The molecule has 0 spiro atoms. The quantitative estimate of drug-likeness (QED) is 0.171. The molecule has 0 radical (unpaired) electrons. The molecule has 0 saturated carbocycles. The second-order valence-electron chi connectivity index (χ2n) is 10.2. The molecular formula is C33H29BrCl2N2O5S. The number of carbonyl (C=O) groups is 1. The number of ether oxygens (including phenoxy) is 3. The van der Waals surface area contributed by atoms with E-state index in [0.29, 0.717) is 47.7 Å². The molecule has 228 valence electrons. The average Bonchev–Trinajstić information content (AvgIpc) is 3.26. The summed E-state index contributed by atoms with van der Waals surface area (Å²) in [5, 5.41) is 0.704. The van der Waals surface area contributed by atoms with Gasteiger partial charge in [0.2, 0.25) is 0 Å². The minimum absolute atomic E-state index is 0.133. The first kappa shape index (κ1) is 32.0. The summed E-state index contributed by atoms with van der Waals surface area (Å²) >= 11 is 17.6. The van der Waals surface area contributed by atoms with Crippen LogP contribution in [-0.4, -0.2) is 23.2 Å². The van der Waals surface area contributed by atoms with Gasteiger partial charge in [0.15, 0.2) is 4.80 Å². The highest BCUT2D eigenvalue weighted by Gasteiger charge is 2.35. The van der Waals surface area contributed by atoms with Crippen LogP contribution in [0.5, 0.6) is 11.5 Å². The summed E-state index contributed by atoms with van der Waals surface area (Å²) in [5.74, 6) is 0.405. The second kappa shape index (κ2) is 13.7. The van der Waals surface area contributed by atoms with Crippen LogP contribution in [0.3, 0.4) is 0 Å². The summed E-state index contributed by atoms with van der Waals surface area (Å²) in [4.78, 5) is 32.6. The molecule has 2 heterocycles. The maximum Gasteiger partial charge on any atom is 0.338 e. The number of rotatable bonds is 9. The number of carbonyl (C=O) groups excluding carboxylic acids is 1. The van der Waals surface area contributed by atoms with Gasteiger partial charge >= 0.3 is 5.97 Å². The zero-order valence-corrected chi connectivity index (χ0v) is 28.3. The van der Waals surface area contributed by atoms with Gasteiger partial charge in [0.05, 0.1) is 33.5 Å². The van der Waals surface area contributed by atoms with Gasteiger partial charge in [-0.25, -0.2) is 9.79 Å². The van der Waals surface area contributed by atoms with Gasteiger partial charge < -0.3 is 14.2 Å². The molecule has 3 aromatic carbocycles. The van der Waals surface area contributed by atoms with Gasteiger partial charge in [-0.15, -0.1) is 0 Å². The Kier molecular flexibility index (Phi) is 10.00. The number of thiazole rings is 1. The monoisotopic (exact) mass is 714 g/mol. The SMILES string of the molecule is CCOC(=O)C1=C(C)N=c2s/c(=C\c3cc(Cl)cc(Cl)c3OCc3ccc(Br)cc3)c(=O)n2[C@H]1c1ccccc1OC(C)C. The van der Waals surface area contributed by atoms with E-state index < -0.39 is 12.0 Å². The summed E-state index contributed by atoms with van der Waals surface area (Å²) in [5.41, 5.74) is 2.51. The zero-order chi connectivity index (χ0) is 31.5. The van der Waals surface area contributed by atoms with Crippen molar-refractivity contribution in [3.05, 3.63) is 123 Å². The van der Waals surface area contributed by atoms with Gasteiger partial charge in [0.1, 0.15) is 24.1 Å². The fraction of sp³-hybridized carbons (Fsp3) is 0.242. The first-order valence-electron chi connectivity index (χ1n) is 13.9. The molecule has 0 amide bonds. The number of para-hydroxylation sites is 1. The van der Waals surface area contributed by atoms with Gasteiger partial charge in [0.25, 0.3) is 5.56 Å². The molecule has 11 heteroatoms. The second-order valence-corrected chi connectivity index (χ2v) is 13.0. The van der Waals surface area contributed by atoms with E-state index in [-0.39, 0.29) is 30.5 Å². The zero-order valence-electron chi connectivity index (χ0n) is 24.4. The third kappa shape index (κ3) is 6.81. The minimum atomic E-state index is -0.821. The van der Waals surface area contributed by atoms with Gasteiger partial charge in [-0.3, -0.25) is 9.36 Å². The maximum atomic E-state index is 14.2. The Labute approximate surface area is 277 Å².